The minimum absolute atomic E-state index is 0.00653. The summed E-state index contributed by atoms with van der Waals surface area (Å²) in [6.07, 6.45) is 0. The maximum absolute atomic E-state index is 12.7. The summed E-state index contributed by atoms with van der Waals surface area (Å²) in [4.78, 5) is 25.3. The molecule has 0 aromatic rings. The zero-order valence-electron chi connectivity index (χ0n) is 17.4. The molecular weight excluding hydrogens is 304 g/mol. The van der Waals surface area contributed by atoms with Crippen molar-refractivity contribution in [3.05, 3.63) is 0 Å². The van der Waals surface area contributed by atoms with Gasteiger partial charge >= 0.3 is 11.9 Å². The normalized spacial score (nSPS) is 15.3. The van der Waals surface area contributed by atoms with E-state index in [1.54, 1.807) is 0 Å². The molecular formula is C20H38O4. The molecule has 24 heavy (non-hydrogen) atoms. The lowest BCUT2D eigenvalue weighted by atomic mass is 9.77. The third-order valence-electron chi connectivity index (χ3n) is 3.66. The van der Waals surface area contributed by atoms with Gasteiger partial charge < -0.3 is 9.47 Å². The molecule has 142 valence electrons. The number of esters is 2. The summed E-state index contributed by atoms with van der Waals surface area (Å²) >= 11 is 0. The van der Waals surface area contributed by atoms with Crippen molar-refractivity contribution in [2.45, 2.75) is 69.2 Å². The number of hydrogen-bond donors (Lipinski definition) is 0. The van der Waals surface area contributed by atoms with E-state index in [2.05, 4.69) is 0 Å². The third kappa shape index (κ3) is 8.70. The molecule has 0 amide bonds. The molecule has 0 spiro atoms. The topological polar surface area (TPSA) is 52.6 Å². The standard InChI is InChI=1S/C20H38O4/c1-13(2)15(17(21)23-11-19(5,6)7)16(14(3)4)18(22)24-12-20(8,9)10/h13-16H,11-12H2,1-10H3. The second kappa shape index (κ2) is 8.87. The van der Waals surface area contributed by atoms with E-state index in [4.69, 9.17) is 9.47 Å². The van der Waals surface area contributed by atoms with Gasteiger partial charge in [0.25, 0.3) is 0 Å². The second-order valence-corrected chi connectivity index (χ2v) is 9.88. The van der Waals surface area contributed by atoms with Gasteiger partial charge in [0.15, 0.2) is 0 Å². The lowest BCUT2D eigenvalue weighted by Crippen LogP contribution is -2.40. The van der Waals surface area contributed by atoms with Crippen LogP contribution in [0.4, 0.5) is 0 Å². The highest BCUT2D eigenvalue weighted by atomic mass is 16.5. The van der Waals surface area contributed by atoms with E-state index in [0.29, 0.717) is 13.2 Å². The smallest absolute Gasteiger partial charge is 0.310 e. The Bertz CT molecular complexity index is 370. The molecule has 0 aromatic heterocycles. The summed E-state index contributed by atoms with van der Waals surface area (Å²) in [7, 11) is 0. The highest BCUT2D eigenvalue weighted by molar-refractivity contribution is 5.82. The zero-order valence-corrected chi connectivity index (χ0v) is 17.4. The first-order valence-electron chi connectivity index (χ1n) is 8.99. The Morgan fingerprint density at radius 3 is 1.08 bits per heavy atom. The molecule has 2 unspecified atom stereocenters. The molecule has 0 saturated heterocycles. The maximum atomic E-state index is 12.7. The molecule has 2 atom stereocenters. The second-order valence-electron chi connectivity index (χ2n) is 9.88. The number of carbonyl (C=O) groups excluding carboxylic acids is 2. The van der Waals surface area contributed by atoms with Crippen LogP contribution in [-0.4, -0.2) is 25.2 Å². The van der Waals surface area contributed by atoms with E-state index in [-0.39, 0.29) is 34.6 Å². The molecule has 0 bridgehead atoms. The Morgan fingerprint density at radius 1 is 0.667 bits per heavy atom. The lowest BCUT2D eigenvalue weighted by molar-refractivity contribution is -0.167. The average Bonchev–Trinajstić information content (AvgIpc) is 2.36. The van der Waals surface area contributed by atoms with Crippen molar-refractivity contribution in [2.24, 2.45) is 34.5 Å². The fourth-order valence-corrected chi connectivity index (χ4v) is 2.43. The highest BCUT2D eigenvalue weighted by Gasteiger charge is 2.40. The van der Waals surface area contributed by atoms with E-state index in [1.165, 1.54) is 0 Å². The minimum atomic E-state index is -0.486. The van der Waals surface area contributed by atoms with E-state index in [1.807, 2.05) is 69.2 Å². The summed E-state index contributed by atoms with van der Waals surface area (Å²) in [6, 6.07) is 0. The van der Waals surface area contributed by atoms with Gasteiger partial charge in [-0.3, -0.25) is 9.59 Å². The maximum Gasteiger partial charge on any atom is 0.310 e. The molecule has 0 fully saturated rings. The molecule has 4 heteroatoms. The molecule has 0 aromatic carbocycles. The molecule has 0 aliphatic rings. The number of carbonyl (C=O) groups is 2. The van der Waals surface area contributed by atoms with E-state index >= 15 is 0 Å². The van der Waals surface area contributed by atoms with Gasteiger partial charge in [-0.1, -0.05) is 69.2 Å². The van der Waals surface area contributed by atoms with E-state index in [9.17, 15) is 9.59 Å². The van der Waals surface area contributed by atoms with Gasteiger partial charge in [0.05, 0.1) is 25.0 Å². The zero-order chi connectivity index (χ0) is 19.3. The van der Waals surface area contributed by atoms with Crippen molar-refractivity contribution < 1.29 is 19.1 Å². The average molecular weight is 343 g/mol. The largest absolute Gasteiger partial charge is 0.465 e. The van der Waals surface area contributed by atoms with Gasteiger partial charge in [0.2, 0.25) is 0 Å². The fourth-order valence-electron chi connectivity index (χ4n) is 2.43. The molecule has 0 heterocycles. The molecule has 0 rings (SSSR count). The molecule has 0 radical (unpaired) electrons. The Kier molecular flexibility index (Phi) is 8.47. The first-order chi connectivity index (χ1) is 10.7. The summed E-state index contributed by atoms with van der Waals surface area (Å²) in [6.45, 7) is 20.6. The lowest BCUT2D eigenvalue weighted by Gasteiger charge is -2.31. The summed E-state index contributed by atoms with van der Waals surface area (Å²) in [5.74, 6) is -1.56. The van der Waals surface area contributed by atoms with Crippen LogP contribution in [-0.2, 0) is 19.1 Å². The van der Waals surface area contributed by atoms with Gasteiger partial charge in [0, 0.05) is 0 Å². The van der Waals surface area contributed by atoms with Crippen LogP contribution in [0.2, 0.25) is 0 Å². The van der Waals surface area contributed by atoms with Crippen LogP contribution in [0.15, 0.2) is 0 Å². The highest BCUT2D eigenvalue weighted by Crippen LogP contribution is 2.31. The molecule has 0 aliphatic heterocycles. The minimum Gasteiger partial charge on any atom is -0.465 e. The summed E-state index contributed by atoms with van der Waals surface area (Å²) in [5, 5.41) is 0. The summed E-state index contributed by atoms with van der Waals surface area (Å²) < 4.78 is 11.0. The monoisotopic (exact) mass is 342 g/mol. The van der Waals surface area contributed by atoms with E-state index < -0.39 is 11.8 Å². The predicted molar refractivity (Wildman–Crippen MR) is 97.5 cm³/mol. The SMILES string of the molecule is CC(C)C(C(=O)OCC(C)(C)C)C(C(=O)OCC(C)(C)C)C(C)C. The fraction of sp³-hybridized carbons (Fsp3) is 0.900. The quantitative estimate of drug-likeness (QED) is 0.629. The van der Waals surface area contributed by atoms with Gasteiger partial charge in [0.1, 0.15) is 0 Å². The van der Waals surface area contributed by atoms with Crippen LogP contribution in [0, 0.1) is 34.5 Å². The van der Waals surface area contributed by atoms with Crippen molar-refractivity contribution in [2.75, 3.05) is 13.2 Å². The van der Waals surface area contributed by atoms with Crippen molar-refractivity contribution in [1.29, 1.82) is 0 Å². The Hall–Kier alpha value is -1.06. The summed E-state index contributed by atoms with van der Waals surface area (Å²) in [5.41, 5.74) is -0.200. The van der Waals surface area contributed by atoms with Gasteiger partial charge in [-0.15, -0.1) is 0 Å². The van der Waals surface area contributed by atoms with Crippen molar-refractivity contribution in [1.82, 2.24) is 0 Å². The Labute approximate surface area is 148 Å². The first-order valence-corrected chi connectivity index (χ1v) is 8.99. The van der Waals surface area contributed by atoms with Gasteiger partial charge in [-0.05, 0) is 22.7 Å². The number of hydrogen-bond acceptors (Lipinski definition) is 4. The van der Waals surface area contributed by atoms with Gasteiger partial charge in [-0.2, -0.15) is 0 Å². The molecule has 4 nitrogen and oxygen atoms in total. The predicted octanol–water partition coefficient (Wildman–Crippen LogP) is 4.71. The van der Waals surface area contributed by atoms with Crippen LogP contribution in [0.3, 0.4) is 0 Å². The van der Waals surface area contributed by atoms with Gasteiger partial charge in [-0.25, -0.2) is 0 Å². The van der Waals surface area contributed by atoms with Crippen LogP contribution >= 0.6 is 0 Å². The molecule has 0 saturated carbocycles. The van der Waals surface area contributed by atoms with Crippen LogP contribution in [0.5, 0.6) is 0 Å². The molecule has 0 N–H and O–H groups in total. The number of rotatable bonds is 7. The van der Waals surface area contributed by atoms with Crippen LogP contribution in [0.1, 0.15) is 69.2 Å². The van der Waals surface area contributed by atoms with Crippen molar-refractivity contribution in [3.63, 3.8) is 0 Å². The van der Waals surface area contributed by atoms with Crippen LogP contribution < -0.4 is 0 Å². The van der Waals surface area contributed by atoms with Crippen molar-refractivity contribution >= 4 is 11.9 Å². The third-order valence-corrected chi connectivity index (χ3v) is 3.66. The van der Waals surface area contributed by atoms with Crippen LogP contribution in [0.25, 0.3) is 0 Å². The van der Waals surface area contributed by atoms with E-state index in [0.717, 1.165) is 0 Å². The van der Waals surface area contributed by atoms with Crippen molar-refractivity contribution in [3.8, 4) is 0 Å². The first kappa shape index (κ1) is 22.9. The Morgan fingerprint density at radius 2 is 0.917 bits per heavy atom. The number of ether oxygens (including phenoxy) is 2. The molecule has 0 aliphatic carbocycles. The Balaban J connectivity index is 5.23.